The maximum Gasteiger partial charge on any atom is 0.237 e. The van der Waals surface area contributed by atoms with Gasteiger partial charge in [0, 0.05) is 30.7 Å². The van der Waals surface area contributed by atoms with Crippen LogP contribution in [0.4, 0.5) is 11.4 Å². The van der Waals surface area contributed by atoms with E-state index in [1.54, 1.807) is 30.5 Å². The first kappa shape index (κ1) is 20.7. The molecule has 3 aromatic rings. The predicted molar refractivity (Wildman–Crippen MR) is 118 cm³/mol. The Morgan fingerprint density at radius 3 is 2.31 bits per heavy atom. The molecule has 29 heavy (non-hydrogen) atoms. The highest BCUT2D eigenvalue weighted by molar-refractivity contribution is 8.00. The predicted octanol–water partition coefficient (Wildman–Crippen LogP) is 4.57. The molecular weight excluding hydrogens is 384 g/mol. The van der Waals surface area contributed by atoms with Crippen LogP contribution in [0.25, 0.3) is 5.69 Å². The fourth-order valence-electron chi connectivity index (χ4n) is 2.93. The molecule has 1 atom stereocenters. The molecule has 3 rings (SSSR count). The molecule has 1 aromatic heterocycles. The Bertz CT molecular complexity index is 1030. The highest BCUT2D eigenvalue weighted by Gasteiger charge is 2.18. The summed E-state index contributed by atoms with van der Waals surface area (Å²) in [6.07, 6.45) is 3.65. The second-order valence-electron chi connectivity index (χ2n) is 6.88. The van der Waals surface area contributed by atoms with Gasteiger partial charge < -0.3 is 10.6 Å². The fraction of sp³-hybridized carbons (Fsp3) is 0.227. The molecule has 0 unspecified atom stereocenters. The fourth-order valence-corrected chi connectivity index (χ4v) is 3.81. The van der Waals surface area contributed by atoms with Crippen molar-refractivity contribution >= 4 is 35.0 Å². The lowest BCUT2D eigenvalue weighted by atomic mass is 10.1. The highest BCUT2D eigenvalue weighted by atomic mass is 32.2. The number of nitrogens with zero attached hydrogens (tertiary/aromatic N) is 2. The number of aromatic nitrogens is 2. The van der Waals surface area contributed by atoms with E-state index in [1.165, 1.54) is 24.2 Å². The average molecular weight is 409 g/mol. The third-order valence-corrected chi connectivity index (χ3v) is 5.42. The molecule has 0 saturated carbocycles. The van der Waals surface area contributed by atoms with Gasteiger partial charge in [-0.3, -0.25) is 14.2 Å². The first-order chi connectivity index (χ1) is 13.8. The number of hydrogen-bond acceptors (Lipinski definition) is 4. The normalized spacial score (nSPS) is 11.7. The van der Waals surface area contributed by atoms with E-state index in [1.807, 2.05) is 17.7 Å². The van der Waals surface area contributed by atoms with Crippen LogP contribution >= 0.6 is 11.8 Å². The summed E-state index contributed by atoms with van der Waals surface area (Å²) in [7, 11) is 0. The van der Waals surface area contributed by atoms with Gasteiger partial charge >= 0.3 is 0 Å². The van der Waals surface area contributed by atoms with Crippen LogP contribution in [0, 0.1) is 13.8 Å². The molecular formula is C22H24N4O2S. The zero-order valence-electron chi connectivity index (χ0n) is 16.9. The molecule has 7 heteroatoms. The van der Waals surface area contributed by atoms with Gasteiger partial charge in [0.1, 0.15) is 0 Å². The van der Waals surface area contributed by atoms with Gasteiger partial charge in [0.25, 0.3) is 0 Å². The Balaban J connectivity index is 1.68. The first-order valence-electron chi connectivity index (χ1n) is 9.29. The second kappa shape index (κ2) is 8.96. The van der Waals surface area contributed by atoms with Crippen LogP contribution < -0.4 is 10.6 Å². The number of nitrogens with one attached hydrogen (secondary N) is 2. The summed E-state index contributed by atoms with van der Waals surface area (Å²) in [5, 5.41) is 6.03. The zero-order valence-corrected chi connectivity index (χ0v) is 17.7. The molecule has 0 fully saturated rings. The van der Waals surface area contributed by atoms with Crippen molar-refractivity contribution in [3.8, 4) is 5.69 Å². The summed E-state index contributed by atoms with van der Waals surface area (Å²) in [5.74, 6) is -0.247. The second-order valence-corrected chi connectivity index (χ2v) is 8.19. The Labute approximate surface area is 174 Å². The van der Waals surface area contributed by atoms with Gasteiger partial charge in [-0.15, -0.1) is 0 Å². The van der Waals surface area contributed by atoms with Crippen LogP contribution in [-0.4, -0.2) is 26.6 Å². The number of thioether (sulfide) groups is 1. The number of aryl methyl sites for hydroxylation is 2. The molecule has 0 bridgehead atoms. The Morgan fingerprint density at radius 2 is 1.69 bits per heavy atom. The Morgan fingerprint density at radius 1 is 1.03 bits per heavy atom. The van der Waals surface area contributed by atoms with Crippen molar-refractivity contribution in [3.63, 3.8) is 0 Å². The summed E-state index contributed by atoms with van der Waals surface area (Å²) in [6, 6.07) is 13.3. The number of anilines is 2. The number of rotatable bonds is 6. The molecule has 2 N–H and O–H groups in total. The number of hydrogen-bond donors (Lipinski definition) is 2. The topological polar surface area (TPSA) is 76.0 Å². The highest BCUT2D eigenvalue weighted by Crippen LogP contribution is 2.27. The van der Waals surface area contributed by atoms with Gasteiger partial charge in [0.15, 0.2) is 5.16 Å². The largest absolute Gasteiger partial charge is 0.326 e. The van der Waals surface area contributed by atoms with Gasteiger partial charge in [-0.05, 0) is 56.7 Å². The van der Waals surface area contributed by atoms with Crippen LogP contribution in [-0.2, 0) is 9.59 Å². The van der Waals surface area contributed by atoms with Crippen LogP contribution in [0.1, 0.15) is 25.0 Å². The minimum absolute atomic E-state index is 0.113. The molecule has 1 heterocycles. The number of carbonyl (C=O) groups excluding carboxylic acids is 2. The lowest BCUT2D eigenvalue weighted by Crippen LogP contribution is -2.22. The summed E-state index contributed by atoms with van der Waals surface area (Å²) < 4.78 is 2.01. The van der Waals surface area contributed by atoms with Crippen molar-refractivity contribution in [2.75, 3.05) is 10.6 Å². The molecule has 0 radical (unpaired) electrons. The number of amides is 2. The number of carbonyl (C=O) groups is 2. The molecule has 0 aliphatic rings. The minimum atomic E-state index is -0.336. The summed E-state index contributed by atoms with van der Waals surface area (Å²) in [5.41, 5.74) is 4.78. The van der Waals surface area contributed by atoms with Crippen molar-refractivity contribution in [2.45, 2.75) is 38.1 Å². The zero-order chi connectivity index (χ0) is 21.0. The first-order valence-corrected chi connectivity index (χ1v) is 10.2. The van der Waals surface area contributed by atoms with E-state index in [-0.39, 0.29) is 17.1 Å². The number of imidazole rings is 1. The monoisotopic (exact) mass is 408 g/mol. The van der Waals surface area contributed by atoms with Crippen LogP contribution in [0.3, 0.4) is 0 Å². The summed E-state index contributed by atoms with van der Waals surface area (Å²) >= 11 is 1.41. The van der Waals surface area contributed by atoms with E-state index in [0.717, 1.165) is 16.4 Å². The van der Waals surface area contributed by atoms with Gasteiger partial charge in [-0.2, -0.15) is 0 Å². The average Bonchev–Trinajstić information content (AvgIpc) is 3.10. The van der Waals surface area contributed by atoms with Crippen molar-refractivity contribution in [2.24, 2.45) is 0 Å². The quantitative estimate of drug-likeness (QED) is 0.586. The van der Waals surface area contributed by atoms with Gasteiger partial charge in [0.05, 0.1) is 10.9 Å². The van der Waals surface area contributed by atoms with E-state index in [2.05, 4.69) is 47.7 Å². The standard InChI is InChI=1S/C22H24N4O2S/c1-14-5-10-20(15(2)13-14)26-12-11-23-22(26)29-16(3)21(28)25-19-8-6-18(7-9-19)24-17(4)27/h5-13,16H,1-4H3,(H,24,27)(H,25,28)/t16-/m1/s1. The van der Waals surface area contributed by atoms with Crippen LogP contribution in [0.15, 0.2) is 60.0 Å². The molecule has 0 saturated heterocycles. The Hall–Kier alpha value is -3.06. The number of benzene rings is 2. The molecule has 6 nitrogen and oxygen atoms in total. The van der Waals surface area contributed by atoms with Crippen molar-refractivity contribution in [1.29, 1.82) is 0 Å². The SMILES string of the molecule is CC(=O)Nc1ccc(NC(=O)[C@@H](C)Sc2nccn2-c2ccc(C)cc2C)cc1. The Kier molecular flexibility index (Phi) is 6.39. The van der Waals surface area contributed by atoms with E-state index < -0.39 is 0 Å². The maximum absolute atomic E-state index is 12.6. The van der Waals surface area contributed by atoms with Crippen molar-refractivity contribution in [1.82, 2.24) is 9.55 Å². The third-order valence-electron chi connectivity index (χ3n) is 4.34. The minimum Gasteiger partial charge on any atom is -0.326 e. The summed E-state index contributed by atoms with van der Waals surface area (Å²) in [4.78, 5) is 28.1. The lowest BCUT2D eigenvalue weighted by Gasteiger charge is -2.15. The molecule has 2 aromatic carbocycles. The van der Waals surface area contributed by atoms with Gasteiger partial charge in [-0.25, -0.2) is 4.98 Å². The van der Waals surface area contributed by atoms with Crippen molar-refractivity contribution < 1.29 is 9.59 Å². The molecule has 150 valence electrons. The maximum atomic E-state index is 12.6. The van der Waals surface area contributed by atoms with Gasteiger partial charge in [0.2, 0.25) is 11.8 Å². The lowest BCUT2D eigenvalue weighted by molar-refractivity contribution is -0.115. The summed E-state index contributed by atoms with van der Waals surface area (Å²) in [6.45, 7) is 7.44. The molecule has 0 aliphatic heterocycles. The van der Waals surface area contributed by atoms with E-state index in [0.29, 0.717) is 11.4 Å². The molecule has 0 spiro atoms. The van der Waals surface area contributed by atoms with E-state index in [9.17, 15) is 9.59 Å². The van der Waals surface area contributed by atoms with Crippen LogP contribution in [0.5, 0.6) is 0 Å². The van der Waals surface area contributed by atoms with Crippen LogP contribution in [0.2, 0.25) is 0 Å². The van der Waals surface area contributed by atoms with Crippen molar-refractivity contribution in [3.05, 3.63) is 66.0 Å². The molecule has 2 amide bonds. The van der Waals surface area contributed by atoms with E-state index >= 15 is 0 Å². The smallest absolute Gasteiger partial charge is 0.237 e. The van der Waals surface area contributed by atoms with E-state index in [4.69, 9.17) is 0 Å². The van der Waals surface area contributed by atoms with Gasteiger partial charge in [-0.1, -0.05) is 29.5 Å². The third kappa shape index (κ3) is 5.26. The molecule has 0 aliphatic carbocycles.